The Morgan fingerprint density at radius 2 is 1.60 bits per heavy atom. The Morgan fingerprint density at radius 3 is 2.34 bits per heavy atom. The van der Waals surface area contributed by atoms with Gasteiger partial charge in [0.25, 0.3) is 0 Å². The van der Waals surface area contributed by atoms with Gasteiger partial charge < -0.3 is 19.0 Å². The van der Waals surface area contributed by atoms with Crippen molar-refractivity contribution in [3.63, 3.8) is 0 Å². The van der Waals surface area contributed by atoms with Gasteiger partial charge >= 0.3 is 0 Å². The molecule has 0 bridgehead atoms. The molecule has 1 aromatic heterocycles. The van der Waals surface area contributed by atoms with E-state index in [9.17, 15) is 9.59 Å². The fourth-order valence-corrected chi connectivity index (χ4v) is 4.80. The monoisotopic (exact) mass is 468 g/mol. The molecule has 6 heteroatoms. The summed E-state index contributed by atoms with van der Waals surface area (Å²) in [6.07, 6.45) is 3.44. The van der Waals surface area contributed by atoms with E-state index < -0.39 is 0 Å². The highest BCUT2D eigenvalue weighted by molar-refractivity contribution is 6.06. The number of carbonyl (C=O) groups excluding carboxylic acids is 2. The van der Waals surface area contributed by atoms with Gasteiger partial charge in [0.15, 0.2) is 0 Å². The van der Waals surface area contributed by atoms with E-state index in [1.54, 1.807) is 36.2 Å². The second-order valence-electron chi connectivity index (χ2n) is 8.88. The molecule has 3 aromatic carbocycles. The van der Waals surface area contributed by atoms with Crippen LogP contribution >= 0.6 is 0 Å². The molecule has 0 aliphatic carbocycles. The highest BCUT2D eigenvalue weighted by Crippen LogP contribution is 2.39. The van der Waals surface area contributed by atoms with Crippen LogP contribution in [0.15, 0.2) is 71.4 Å². The zero-order chi connectivity index (χ0) is 24.5. The third-order valence-corrected chi connectivity index (χ3v) is 6.78. The quantitative estimate of drug-likeness (QED) is 0.379. The second-order valence-corrected chi connectivity index (χ2v) is 8.88. The Hall–Kier alpha value is -4.06. The zero-order valence-electron chi connectivity index (χ0n) is 20.2. The van der Waals surface area contributed by atoms with Gasteiger partial charge in [-0.1, -0.05) is 42.5 Å². The Bertz CT molecular complexity index is 1450. The van der Waals surface area contributed by atoms with E-state index in [4.69, 9.17) is 9.15 Å². The molecule has 0 N–H and O–H groups in total. The van der Waals surface area contributed by atoms with Gasteiger partial charge in [-0.3, -0.25) is 9.59 Å². The fraction of sp³-hybridized carbons (Fsp3) is 0.241. The van der Waals surface area contributed by atoms with Crippen molar-refractivity contribution in [1.82, 2.24) is 9.80 Å². The van der Waals surface area contributed by atoms with Crippen molar-refractivity contribution in [2.24, 2.45) is 0 Å². The highest BCUT2D eigenvalue weighted by Gasteiger charge is 2.22. The number of carbonyl (C=O) groups is 2. The summed E-state index contributed by atoms with van der Waals surface area (Å²) >= 11 is 0. The van der Waals surface area contributed by atoms with Crippen molar-refractivity contribution in [3.8, 4) is 16.9 Å². The lowest BCUT2D eigenvalue weighted by molar-refractivity contribution is -0.135. The molecule has 0 atom stereocenters. The van der Waals surface area contributed by atoms with E-state index in [0.29, 0.717) is 31.9 Å². The predicted octanol–water partition coefficient (Wildman–Crippen LogP) is 5.36. The zero-order valence-corrected chi connectivity index (χ0v) is 20.2. The Morgan fingerprint density at radius 1 is 0.886 bits per heavy atom. The number of ether oxygens (including phenoxy) is 1. The van der Waals surface area contributed by atoms with Crippen LogP contribution in [0, 0.1) is 0 Å². The van der Waals surface area contributed by atoms with E-state index >= 15 is 0 Å². The van der Waals surface area contributed by atoms with Crippen LogP contribution < -0.4 is 4.74 Å². The molecule has 0 unspecified atom stereocenters. The fourth-order valence-electron chi connectivity index (χ4n) is 4.80. The number of benzene rings is 3. The average Bonchev–Trinajstić information content (AvgIpc) is 3.30. The molecule has 178 valence electrons. The van der Waals surface area contributed by atoms with Crippen LogP contribution in [0.2, 0.25) is 0 Å². The number of amides is 2. The second kappa shape index (κ2) is 9.29. The molecule has 1 aliphatic heterocycles. The van der Waals surface area contributed by atoms with Gasteiger partial charge in [0.2, 0.25) is 11.8 Å². The van der Waals surface area contributed by atoms with Crippen molar-refractivity contribution < 1.29 is 18.7 Å². The van der Waals surface area contributed by atoms with Gasteiger partial charge in [-0.15, -0.1) is 0 Å². The van der Waals surface area contributed by atoms with Crippen molar-refractivity contribution in [2.75, 3.05) is 33.3 Å². The van der Waals surface area contributed by atoms with E-state index in [0.717, 1.165) is 38.6 Å². The Balaban J connectivity index is 1.51. The number of furan rings is 1. The molecular formula is C29H28N2O4. The molecule has 0 spiro atoms. The minimum atomic E-state index is -0.0608. The SMILES string of the molecule is COc1cc2occ(-c3cccc4ccccc34)c2cc1/C(C)=C/C(=O)N1CCN(C(C)=O)CC1. The first-order chi connectivity index (χ1) is 17.0. The molecule has 0 saturated carbocycles. The first-order valence-corrected chi connectivity index (χ1v) is 11.8. The Kier molecular flexibility index (Phi) is 6.03. The summed E-state index contributed by atoms with van der Waals surface area (Å²) in [5, 5.41) is 3.29. The standard InChI is InChI=1S/C29H28N2O4/c1-19(15-29(33)31-13-11-30(12-14-31)20(2)32)24-16-25-26(18-35-28(25)17-27(24)34-3)23-10-6-8-21-7-4-5-9-22(21)23/h4-10,15-18H,11-14H2,1-3H3/b19-15+. The number of fused-ring (bicyclic) bond motifs is 2. The summed E-state index contributed by atoms with van der Waals surface area (Å²) in [6.45, 7) is 5.67. The van der Waals surface area contributed by atoms with Crippen molar-refractivity contribution >= 4 is 39.1 Å². The molecule has 1 saturated heterocycles. The lowest BCUT2D eigenvalue weighted by Crippen LogP contribution is -2.49. The smallest absolute Gasteiger partial charge is 0.246 e. The molecule has 2 amide bonds. The van der Waals surface area contributed by atoms with E-state index in [-0.39, 0.29) is 11.8 Å². The van der Waals surface area contributed by atoms with Crippen molar-refractivity contribution in [3.05, 3.63) is 72.5 Å². The summed E-state index contributed by atoms with van der Waals surface area (Å²) < 4.78 is 11.6. The number of rotatable bonds is 4. The van der Waals surface area contributed by atoms with Crippen LogP contribution in [0.1, 0.15) is 19.4 Å². The van der Waals surface area contributed by atoms with E-state index in [2.05, 4.69) is 30.3 Å². The highest BCUT2D eigenvalue weighted by atomic mass is 16.5. The van der Waals surface area contributed by atoms with Crippen molar-refractivity contribution in [2.45, 2.75) is 13.8 Å². The molecule has 1 fully saturated rings. The average molecular weight is 469 g/mol. The summed E-state index contributed by atoms with van der Waals surface area (Å²) in [5.74, 6) is 0.637. The first kappa shape index (κ1) is 22.7. The molecule has 0 radical (unpaired) electrons. The van der Waals surface area contributed by atoms with E-state index in [1.807, 2.05) is 31.2 Å². The Labute approximate surface area is 204 Å². The van der Waals surface area contributed by atoms with Gasteiger partial charge in [0.1, 0.15) is 11.3 Å². The normalized spacial score (nSPS) is 14.5. The van der Waals surface area contributed by atoms with Crippen molar-refractivity contribution in [1.29, 1.82) is 0 Å². The first-order valence-electron chi connectivity index (χ1n) is 11.8. The van der Waals surface area contributed by atoms with Crippen LogP contribution in [0.4, 0.5) is 0 Å². The predicted molar refractivity (Wildman–Crippen MR) is 138 cm³/mol. The number of hydrogen-bond donors (Lipinski definition) is 0. The van der Waals surface area contributed by atoms with Crippen LogP contribution in [0.5, 0.6) is 5.75 Å². The lowest BCUT2D eigenvalue weighted by Gasteiger charge is -2.33. The maximum atomic E-state index is 13.0. The minimum absolute atomic E-state index is 0.0453. The van der Waals surface area contributed by atoms with Crippen LogP contribution in [0.25, 0.3) is 38.4 Å². The number of nitrogens with zero attached hydrogens (tertiary/aromatic N) is 2. The van der Waals surface area contributed by atoms with Gasteiger partial charge in [0.05, 0.1) is 13.4 Å². The summed E-state index contributed by atoms with van der Waals surface area (Å²) in [5.41, 5.74) is 4.48. The number of hydrogen-bond acceptors (Lipinski definition) is 4. The molecule has 6 nitrogen and oxygen atoms in total. The maximum absolute atomic E-state index is 13.0. The summed E-state index contributed by atoms with van der Waals surface area (Å²) in [4.78, 5) is 28.1. The number of allylic oxidation sites excluding steroid dienone is 1. The van der Waals surface area contributed by atoms with E-state index in [1.165, 1.54) is 5.39 Å². The molecule has 1 aliphatic rings. The van der Waals surface area contributed by atoms with Crippen LogP contribution in [-0.2, 0) is 9.59 Å². The summed E-state index contributed by atoms with van der Waals surface area (Å²) in [6, 6.07) is 18.5. The van der Waals surface area contributed by atoms with Gasteiger partial charge in [0, 0.05) is 61.8 Å². The molecule has 35 heavy (non-hydrogen) atoms. The number of methoxy groups -OCH3 is 1. The maximum Gasteiger partial charge on any atom is 0.246 e. The minimum Gasteiger partial charge on any atom is -0.496 e. The van der Waals surface area contributed by atoms with Gasteiger partial charge in [-0.2, -0.15) is 0 Å². The van der Waals surface area contributed by atoms with Crippen LogP contribution in [-0.4, -0.2) is 54.9 Å². The third kappa shape index (κ3) is 4.28. The molecule has 4 aromatic rings. The van der Waals surface area contributed by atoms with Gasteiger partial charge in [-0.25, -0.2) is 0 Å². The topological polar surface area (TPSA) is 63.0 Å². The molecule has 2 heterocycles. The third-order valence-electron chi connectivity index (χ3n) is 6.78. The lowest BCUT2D eigenvalue weighted by atomic mass is 9.96. The summed E-state index contributed by atoms with van der Waals surface area (Å²) in [7, 11) is 1.62. The largest absolute Gasteiger partial charge is 0.496 e. The molecule has 5 rings (SSSR count). The van der Waals surface area contributed by atoms with Gasteiger partial charge in [-0.05, 0) is 34.9 Å². The van der Waals surface area contributed by atoms with Crippen LogP contribution in [0.3, 0.4) is 0 Å². The molecular weight excluding hydrogens is 440 g/mol. The number of piperazine rings is 1.